The molecule has 0 unspecified atom stereocenters. The minimum atomic E-state index is -3.84. The highest BCUT2D eigenvalue weighted by molar-refractivity contribution is 7.89. The second-order valence-electron chi connectivity index (χ2n) is 3.96. The van der Waals surface area contributed by atoms with Crippen LogP contribution < -0.4 is 5.32 Å². The van der Waals surface area contributed by atoms with E-state index in [1.165, 1.54) is 13.1 Å². The summed E-state index contributed by atoms with van der Waals surface area (Å²) in [7, 11) is -2.40. The van der Waals surface area contributed by atoms with E-state index >= 15 is 0 Å². The Bertz CT molecular complexity index is 593. The highest BCUT2D eigenvalue weighted by Crippen LogP contribution is 2.24. The lowest BCUT2D eigenvalue weighted by atomic mass is 10.4. The first-order chi connectivity index (χ1) is 9.32. The number of aromatic nitrogens is 1. The first-order valence-corrected chi connectivity index (χ1v) is 8.04. The number of halogens is 2. The number of hydrogen-bond acceptors (Lipinski definition) is 4. The van der Waals surface area contributed by atoms with Gasteiger partial charge in [-0.3, -0.25) is 4.79 Å². The van der Waals surface area contributed by atoms with E-state index in [1.807, 2.05) is 6.92 Å². The van der Waals surface area contributed by atoms with Gasteiger partial charge in [0.25, 0.3) is 0 Å². The van der Waals surface area contributed by atoms with E-state index in [-0.39, 0.29) is 28.2 Å². The van der Waals surface area contributed by atoms with Gasteiger partial charge in [0.2, 0.25) is 15.9 Å². The summed E-state index contributed by atoms with van der Waals surface area (Å²) in [6.45, 7) is 1.78. The topological polar surface area (TPSA) is 79.4 Å². The maximum absolute atomic E-state index is 12.4. The number of pyridine rings is 1. The highest BCUT2D eigenvalue weighted by Gasteiger charge is 2.26. The van der Waals surface area contributed by atoms with Gasteiger partial charge >= 0.3 is 0 Å². The van der Waals surface area contributed by atoms with Crippen LogP contribution in [0.2, 0.25) is 10.2 Å². The summed E-state index contributed by atoms with van der Waals surface area (Å²) in [5.41, 5.74) is 0. The Balaban J connectivity index is 3.14. The van der Waals surface area contributed by atoms with Gasteiger partial charge in [0.1, 0.15) is 10.0 Å². The maximum atomic E-state index is 12.4. The fourth-order valence-corrected chi connectivity index (χ4v) is 3.26. The average Bonchev–Trinajstić information content (AvgIpc) is 2.40. The van der Waals surface area contributed by atoms with Crippen molar-refractivity contribution in [3.63, 3.8) is 0 Å². The Labute approximate surface area is 128 Å². The number of carbonyl (C=O) groups is 1. The lowest BCUT2D eigenvalue weighted by molar-refractivity contribution is -0.120. The molecule has 1 amide bonds. The van der Waals surface area contributed by atoms with Gasteiger partial charge in [-0.05, 0) is 12.5 Å². The average molecular weight is 340 g/mol. The van der Waals surface area contributed by atoms with E-state index in [2.05, 4.69) is 10.3 Å². The molecular weight excluding hydrogens is 325 g/mol. The largest absolute Gasteiger partial charge is 0.358 e. The maximum Gasteiger partial charge on any atom is 0.245 e. The van der Waals surface area contributed by atoms with Gasteiger partial charge in [-0.25, -0.2) is 13.4 Å². The molecule has 0 aromatic carbocycles. The molecular formula is C11H15Cl2N3O3S. The molecule has 1 aromatic rings. The van der Waals surface area contributed by atoms with E-state index in [9.17, 15) is 13.2 Å². The Morgan fingerprint density at radius 2 is 2.10 bits per heavy atom. The molecule has 0 radical (unpaired) electrons. The second-order valence-corrected chi connectivity index (χ2v) is 6.66. The Morgan fingerprint density at radius 1 is 1.45 bits per heavy atom. The van der Waals surface area contributed by atoms with Gasteiger partial charge in [-0.15, -0.1) is 0 Å². The molecule has 0 saturated carbocycles. The van der Waals surface area contributed by atoms with Crippen LogP contribution in [-0.2, 0) is 14.8 Å². The molecule has 0 saturated heterocycles. The molecule has 1 rings (SSSR count). The summed E-state index contributed by atoms with van der Waals surface area (Å²) >= 11 is 11.4. The SMILES string of the molecule is CCCN(CC(=O)NC)S(=O)(=O)c1cnc(Cl)c(Cl)c1. The Hall–Kier alpha value is -0.890. The number of likely N-dealkylation sites (N-methyl/N-ethyl adjacent to an activating group) is 1. The molecule has 0 bridgehead atoms. The van der Waals surface area contributed by atoms with Crippen LogP contribution in [0.3, 0.4) is 0 Å². The van der Waals surface area contributed by atoms with Crippen LogP contribution in [0.5, 0.6) is 0 Å². The molecule has 112 valence electrons. The van der Waals surface area contributed by atoms with E-state index in [0.29, 0.717) is 6.42 Å². The third-order valence-corrected chi connectivity index (χ3v) is 4.98. The monoisotopic (exact) mass is 339 g/mol. The summed E-state index contributed by atoms with van der Waals surface area (Å²) in [5.74, 6) is -0.393. The van der Waals surface area contributed by atoms with Crippen LogP contribution in [0.25, 0.3) is 0 Å². The summed E-state index contributed by atoms with van der Waals surface area (Å²) < 4.78 is 26.0. The van der Waals surface area contributed by atoms with Crippen LogP contribution in [0, 0.1) is 0 Å². The molecule has 1 N–H and O–H groups in total. The van der Waals surface area contributed by atoms with Crippen molar-refractivity contribution in [1.82, 2.24) is 14.6 Å². The predicted molar refractivity (Wildman–Crippen MR) is 77.4 cm³/mol. The number of sulfonamides is 1. The van der Waals surface area contributed by atoms with Crippen molar-refractivity contribution in [2.75, 3.05) is 20.1 Å². The zero-order chi connectivity index (χ0) is 15.3. The van der Waals surface area contributed by atoms with Crippen molar-refractivity contribution in [2.45, 2.75) is 18.2 Å². The van der Waals surface area contributed by atoms with Gasteiger partial charge in [0.15, 0.2) is 0 Å². The van der Waals surface area contributed by atoms with Crippen molar-refractivity contribution >= 4 is 39.1 Å². The number of amides is 1. The van der Waals surface area contributed by atoms with E-state index < -0.39 is 15.9 Å². The first-order valence-electron chi connectivity index (χ1n) is 5.84. The van der Waals surface area contributed by atoms with Crippen LogP contribution in [-0.4, -0.2) is 43.8 Å². The molecule has 20 heavy (non-hydrogen) atoms. The Morgan fingerprint density at radius 3 is 2.60 bits per heavy atom. The van der Waals surface area contributed by atoms with Crippen LogP contribution in [0.1, 0.15) is 13.3 Å². The molecule has 1 aromatic heterocycles. The van der Waals surface area contributed by atoms with Gasteiger partial charge in [0.05, 0.1) is 11.6 Å². The van der Waals surface area contributed by atoms with E-state index in [1.54, 1.807) is 0 Å². The fourth-order valence-electron chi connectivity index (χ4n) is 1.47. The number of carbonyl (C=O) groups excluding carboxylic acids is 1. The second kappa shape index (κ2) is 7.21. The third-order valence-electron chi connectivity index (χ3n) is 2.48. The number of rotatable bonds is 6. The molecule has 0 aliphatic rings. The van der Waals surface area contributed by atoms with Crippen LogP contribution in [0.4, 0.5) is 0 Å². The summed E-state index contributed by atoms with van der Waals surface area (Å²) in [6.07, 6.45) is 1.70. The fraction of sp³-hybridized carbons (Fsp3) is 0.455. The minimum Gasteiger partial charge on any atom is -0.358 e. The summed E-state index contributed by atoms with van der Waals surface area (Å²) in [5, 5.41) is 2.46. The van der Waals surface area contributed by atoms with Gasteiger partial charge in [-0.1, -0.05) is 30.1 Å². The molecule has 0 spiro atoms. The Kier molecular flexibility index (Phi) is 6.19. The molecule has 0 atom stereocenters. The summed E-state index contributed by atoms with van der Waals surface area (Å²) in [4.78, 5) is 15.0. The number of nitrogens with one attached hydrogen (secondary N) is 1. The van der Waals surface area contributed by atoms with Crippen molar-refractivity contribution in [3.8, 4) is 0 Å². The first kappa shape index (κ1) is 17.2. The van der Waals surface area contributed by atoms with E-state index in [0.717, 1.165) is 10.5 Å². The van der Waals surface area contributed by atoms with Gasteiger partial charge in [0, 0.05) is 19.8 Å². The molecule has 0 aliphatic heterocycles. The summed E-state index contributed by atoms with van der Waals surface area (Å²) in [6, 6.07) is 1.22. The highest BCUT2D eigenvalue weighted by atomic mass is 35.5. The van der Waals surface area contributed by atoms with E-state index in [4.69, 9.17) is 23.2 Å². The molecule has 6 nitrogen and oxygen atoms in total. The molecule has 0 aliphatic carbocycles. The molecule has 1 heterocycles. The number of nitrogens with zero attached hydrogens (tertiary/aromatic N) is 2. The zero-order valence-corrected chi connectivity index (χ0v) is 13.4. The quantitative estimate of drug-likeness (QED) is 0.797. The van der Waals surface area contributed by atoms with Crippen molar-refractivity contribution < 1.29 is 13.2 Å². The molecule has 9 heteroatoms. The van der Waals surface area contributed by atoms with Gasteiger partial charge < -0.3 is 5.32 Å². The predicted octanol–water partition coefficient (Wildman–Crippen LogP) is 1.54. The lowest BCUT2D eigenvalue weighted by Crippen LogP contribution is -2.40. The standard InChI is InChI=1S/C11H15Cl2N3O3S/c1-3-4-16(7-10(17)14-2)20(18,19)8-5-9(12)11(13)15-6-8/h5-6H,3-4,7H2,1-2H3,(H,14,17). The lowest BCUT2D eigenvalue weighted by Gasteiger charge is -2.20. The number of hydrogen-bond donors (Lipinski definition) is 1. The van der Waals surface area contributed by atoms with Crippen molar-refractivity contribution in [3.05, 3.63) is 22.4 Å². The van der Waals surface area contributed by atoms with Crippen LogP contribution in [0.15, 0.2) is 17.2 Å². The van der Waals surface area contributed by atoms with Crippen molar-refractivity contribution in [1.29, 1.82) is 0 Å². The smallest absolute Gasteiger partial charge is 0.245 e. The normalized spacial score (nSPS) is 11.7. The minimum absolute atomic E-state index is 0.0268. The molecule has 0 fully saturated rings. The van der Waals surface area contributed by atoms with Crippen LogP contribution >= 0.6 is 23.2 Å². The van der Waals surface area contributed by atoms with Gasteiger partial charge in [-0.2, -0.15) is 4.31 Å². The van der Waals surface area contributed by atoms with Crippen molar-refractivity contribution in [2.24, 2.45) is 0 Å². The third kappa shape index (κ3) is 4.05. The zero-order valence-electron chi connectivity index (χ0n) is 11.1.